The van der Waals surface area contributed by atoms with Gasteiger partial charge in [0.15, 0.2) is 6.10 Å². The van der Waals surface area contributed by atoms with Crippen molar-refractivity contribution < 1.29 is 23.8 Å². The number of allylic oxidation sites excluding steroid dienone is 10. The Kier molecular flexibility index (Phi) is 56.8. The molecular formula is C63H114O5. The van der Waals surface area contributed by atoms with Gasteiger partial charge in [-0.3, -0.25) is 9.59 Å². The smallest absolute Gasteiger partial charge is 0.306 e. The number of ether oxygens (including phenoxy) is 3. The fourth-order valence-electron chi connectivity index (χ4n) is 8.67. The first-order chi connectivity index (χ1) is 33.6. The highest BCUT2D eigenvalue weighted by Crippen LogP contribution is 2.17. The van der Waals surface area contributed by atoms with Crippen LogP contribution in [0.1, 0.15) is 303 Å². The Morgan fingerprint density at radius 2 is 0.662 bits per heavy atom. The van der Waals surface area contributed by atoms with Gasteiger partial charge in [-0.25, -0.2) is 0 Å². The minimum atomic E-state index is -0.564. The number of hydrogen-bond acceptors (Lipinski definition) is 5. The van der Waals surface area contributed by atoms with Crippen LogP contribution in [0.2, 0.25) is 0 Å². The molecule has 5 heteroatoms. The van der Waals surface area contributed by atoms with Gasteiger partial charge < -0.3 is 14.2 Å². The van der Waals surface area contributed by atoms with Crippen molar-refractivity contribution in [2.24, 2.45) is 0 Å². The Morgan fingerprint density at radius 3 is 1.04 bits per heavy atom. The van der Waals surface area contributed by atoms with Crippen LogP contribution in [0, 0.1) is 0 Å². The van der Waals surface area contributed by atoms with Gasteiger partial charge in [0.2, 0.25) is 0 Å². The number of esters is 2. The van der Waals surface area contributed by atoms with Crippen molar-refractivity contribution in [3.8, 4) is 0 Å². The molecule has 0 amide bonds. The zero-order chi connectivity index (χ0) is 49.2. The molecule has 0 N–H and O–H groups in total. The summed E-state index contributed by atoms with van der Waals surface area (Å²) in [7, 11) is 0. The van der Waals surface area contributed by atoms with Gasteiger partial charge in [0.25, 0.3) is 0 Å². The van der Waals surface area contributed by atoms with Crippen LogP contribution in [-0.4, -0.2) is 37.9 Å². The maximum Gasteiger partial charge on any atom is 0.306 e. The van der Waals surface area contributed by atoms with Crippen molar-refractivity contribution in [2.45, 2.75) is 309 Å². The molecule has 0 aliphatic rings. The first kappa shape index (κ1) is 65.6. The summed E-state index contributed by atoms with van der Waals surface area (Å²) in [5, 5.41) is 0. The second-order valence-corrected chi connectivity index (χ2v) is 19.9. The topological polar surface area (TPSA) is 61.8 Å². The molecule has 0 rings (SSSR count). The SMILES string of the molecule is CC/C=C\C/C=C\C/C=C\C/C=C\C/C=C\CCCC(=O)O[C@H](COCCCCCCCCCCCCCCCCCC)COC(=O)CCCCCCCCCCCCCCCCCCCCC. The van der Waals surface area contributed by atoms with E-state index in [9.17, 15) is 9.59 Å². The van der Waals surface area contributed by atoms with Crippen molar-refractivity contribution in [3.05, 3.63) is 60.8 Å². The summed E-state index contributed by atoms with van der Waals surface area (Å²) in [4.78, 5) is 25.5. The Hall–Kier alpha value is -2.40. The monoisotopic (exact) mass is 951 g/mol. The first-order valence-electron chi connectivity index (χ1n) is 29.8. The maximum absolute atomic E-state index is 12.8. The van der Waals surface area contributed by atoms with E-state index in [4.69, 9.17) is 14.2 Å². The van der Waals surface area contributed by atoms with Crippen LogP contribution in [0.15, 0.2) is 60.8 Å². The van der Waals surface area contributed by atoms with Gasteiger partial charge in [0.05, 0.1) is 6.61 Å². The largest absolute Gasteiger partial charge is 0.462 e. The summed E-state index contributed by atoms with van der Waals surface area (Å²) in [6, 6.07) is 0. The first-order valence-corrected chi connectivity index (χ1v) is 29.8. The Balaban J connectivity index is 4.30. The lowest BCUT2D eigenvalue weighted by Gasteiger charge is -2.18. The molecule has 0 fully saturated rings. The van der Waals surface area contributed by atoms with Crippen molar-refractivity contribution in [3.63, 3.8) is 0 Å². The van der Waals surface area contributed by atoms with Crippen molar-refractivity contribution in [1.82, 2.24) is 0 Å². The highest BCUT2D eigenvalue weighted by molar-refractivity contribution is 5.70. The fraction of sp³-hybridized carbons (Fsp3) is 0.810. The normalized spacial score (nSPS) is 12.6. The lowest BCUT2D eigenvalue weighted by Crippen LogP contribution is -2.30. The average molecular weight is 952 g/mol. The zero-order valence-electron chi connectivity index (χ0n) is 45.6. The summed E-state index contributed by atoms with van der Waals surface area (Å²) in [6.45, 7) is 7.72. The van der Waals surface area contributed by atoms with Gasteiger partial charge in [-0.1, -0.05) is 293 Å². The van der Waals surface area contributed by atoms with E-state index in [0.29, 0.717) is 19.4 Å². The van der Waals surface area contributed by atoms with Crippen LogP contribution >= 0.6 is 0 Å². The molecule has 0 saturated carbocycles. The van der Waals surface area contributed by atoms with E-state index in [1.807, 2.05) is 0 Å². The van der Waals surface area contributed by atoms with E-state index in [1.54, 1.807) is 0 Å². The van der Waals surface area contributed by atoms with Crippen LogP contribution in [0.3, 0.4) is 0 Å². The molecule has 0 heterocycles. The quantitative estimate of drug-likeness (QED) is 0.0345. The van der Waals surface area contributed by atoms with Gasteiger partial charge in [-0.2, -0.15) is 0 Å². The number of carbonyl (C=O) groups excluding carboxylic acids is 2. The number of carbonyl (C=O) groups is 2. The van der Waals surface area contributed by atoms with Gasteiger partial charge in [0.1, 0.15) is 6.61 Å². The van der Waals surface area contributed by atoms with E-state index in [2.05, 4.69) is 81.5 Å². The Bertz CT molecular complexity index is 1170. The van der Waals surface area contributed by atoms with E-state index in [1.165, 1.54) is 199 Å². The lowest BCUT2D eigenvalue weighted by atomic mass is 10.0. The molecule has 1 atom stereocenters. The van der Waals surface area contributed by atoms with Gasteiger partial charge in [0, 0.05) is 19.4 Å². The second kappa shape index (κ2) is 58.9. The third-order valence-corrected chi connectivity index (χ3v) is 13.1. The number of hydrogen-bond donors (Lipinski definition) is 0. The highest BCUT2D eigenvalue weighted by Gasteiger charge is 2.17. The minimum Gasteiger partial charge on any atom is -0.462 e. The van der Waals surface area contributed by atoms with E-state index in [0.717, 1.165) is 70.6 Å². The molecule has 0 aliphatic carbocycles. The molecule has 5 nitrogen and oxygen atoms in total. The molecule has 0 saturated heterocycles. The predicted octanol–water partition coefficient (Wildman–Crippen LogP) is 20.5. The molecule has 0 radical (unpaired) electrons. The standard InChI is InChI=1S/C63H114O5/c1-4-7-10-13-16-19-22-25-28-31-32-34-35-38-41-44-47-50-53-56-62(64)67-60-61(59-66-58-55-52-49-46-43-40-37-30-27-24-21-18-15-12-9-6-3)68-63(65)57-54-51-48-45-42-39-36-33-29-26-23-20-17-14-11-8-5-2/h8,11,17,20,26,29,36,39,45,48,61H,4-7,9-10,12-16,18-19,21-25,27-28,30-35,37-38,40-44,46-47,49-60H2,1-3H3/b11-8-,20-17-,29-26-,39-36-,48-45-/t61-/m1/s1. The van der Waals surface area contributed by atoms with Crippen LogP contribution in [0.5, 0.6) is 0 Å². The predicted molar refractivity (Wildman–Crippen MR) is 298 cm³/mol. The summed E-state index contributed by atoms with van der Waals surface area (Å²) in [5.74, 6) is -0.447. The molecule has 0 aromatic carbocycles. The van der Waals surface area contributed by atoms with E-state index >= 15 is 0 Å². The minimum absolute atomic E-state index is 0.0669. The molecule has 0 aromatic rings. The molecule has 0 unspecified atom stereocenters. The third kappa shape index (κ3) is 56.2. The second-order valence-electron chi connectivity index (χ2n) is 19.9. The summed E-state index contributed by atoms with van der Waals surface area (Å²) in [6.07, 6.45) is 75.4. The van der Waals surface area contributed by atoms with Gasteiger partial charge >= 0.3 is 11.9 Å². The Labute approximate surface area is 424 Å². The molecule has 0 aromatic heterocycles. The van der Waals surface area contributed by atoms with E-state index in [-0.39, 0.29) is 25.2 Å². The van der Waals surface area contributed by atoms with E-state index < -0.39 is 6.10 Å². The van der Waals surface area contributed by atoms with Crippen LogP contribution in [-0.2, 0) is 23.8 Å². The zero-order valence-corrected chi connectivity index (χ0v) is 45.6. The van der Waals surface area contributed by atoms with Crippen LogP contribution < -0.4 is 0 Å². The van der Waals surface area contributed by atoms with Crippen molar-refractivity contribution in [2.75, 3.05) is 19.8 Å². The average Bonchev–Trinajstić information content (AvgIpc) is 3.34. The van der Waals surface area contributed by atoms with Crippen LogP contribution in [0.25, 0.3) is 0 Å². The van der Waals surface area contributed by atoms with Crippen molar-refractivity contribution in [1.29, 1.82) is 0 Å². The van der Waals surface area contributed by atoms with Crippen LogP contribution in [0.4, 0.5) is 0 Å². The molecule has 396 valence electrons. The summed E-state index contributed by atoms with van der Waals surface area (Å²) >= 11 is 0. The summed E-state index contributed by atoms with van der Waals surface area (Å²) in [5.41, 5.74) is 0. The highest BCUT2D eigenvalue weighted by atomic mass is 16.6. The van der Waals surface area contributed by atoms with Crippen molar-refractivity contribution >= 4 is 11.9 Å². The number of unbranched alkanes of at least 4 members (excludes halogenated alkanes) is 34. The molecule has 0 bridgehead atoms. The Morgan fingerprint density at radius 1 is 0.338 bits per heavy atom. The third-order valence-electron chi connectivity index (χ3n) is 13.1. The summed E-state index contributed by atoms with van der Waals surface area (Å²) < 4.78 is 17.5. The van der Waals surface area contributed by atoms with Gasteiger partial charge in [-0.05, 0) is 57.8 Å². The maximum atomic E-state index is 12.8. The molecule has 0 spiro atoms. The number of rotatable bonds is 55. The van der Waals surface area contributed by atoms with Gasteiger partial charge in [-0.15, -0.1) is 0 Å². The lowest BCUT2D eigenvalue weighted by molar-refractivity contribution is -0.162. The molecule has 68 heavy (non-hydrogen) atoms. The molecular weight excluding hydrogens is 837 g/mol. The molecule has 0 aliphatic heterocycles. The fourth-order valence-corrected chi connectivity index (χ4v) is 8.67.